The van der Waals surface area contributed by atoms with E-state index in [4.69, 9.17) is 4.74 Å². The normalized spacial score (nSPS) is 11.9. The average Bonchev–Trinajstić information content (AvgIpc) is 2.62. The van der Waals surface area contributed by atoms with E-state index in [2.05, 4.69) is 39.4 Å². The number of hydrogen-bond acceptors (Lipinski definition) is 4. The van der Waals surface area contributed by atoms with Gasteiger partial charge in [0, 0.05) is 31.9 Å². The van der Waals surface area contributed by atoms with Crippen molar-refractivity contribution in [1.29, 1.82) is 0 Å². The Morgan fingerprint density at radius 3 is 2.12 bits per heavy atom. The Hall–Kier alpha value is -2.53. The van der Waals surface area contributed by atoms with Crippen molar-refractivity contribution in [2.24, 2.45) is 0 Å². The lowest BCUT2D eigenvalue weighted by Gasteiger charge is -2.26. The van der Waals surface area contributed by atoms with E-state index in [-0.39, 0.29) is 11.9 Å². The lowest BCUT2D eigenvalue weighted by molar-refractivity contribution is 0.0942. The lowest BCUT2D eigenvalue weighted by atomic mass is 10.0. The van der Waals surface area contributed by atoms with Crippen LogP contribution in [-0.4, -0.2) is 52.1 Å². The number of anilines is 1. The lowest BCUT2D eigenvalue weighted by Crippen LogP contribution is -2.34. The highest BCUT2D eigenvalue weighted by Gasteiger charge is 2.16. The number of hydrogen-bond donors (Lipinski definition) is 1. The first kappa shape index (κ1) is 19.8. The van der Waals surface area contributed by atoms with Crippen LogP contribution in [-0.2, 0) is 0 Å². The SMILES string of the molecule is CCOc1ccc(C(=O)NCC(c2ccc(N(C)C)cc2)N(C)C)cc1. The van der Waals surface area contributed by atoms with E-state index < -0.39 is 0 Å². The summed E-state index contributed by atoms with van der Waals surface area (Å²) in [6.07, 6.45) is 0. The largest absolute Gasteiger partial charge is 0.494 e. The summed E-state index contributed by atoms with van der Waals surface area (Å²) >= 11 is 0. The fourth-order valence-corrected chi connectivity index (χ4v) is 2.75. The molecule has 26 heavy (non-hydrogen) atoms. The van der Waals surface area contributed by atoms with Crippen molar-refractivity contribution in [2.75, 3.05) is 46.2 Å². The predicted octanol–water partition coefficient (Wildman–Crippen LogP) is 3.18. The molecule has 2 rings (SSSR count). The molecular weight excluding hydrogens is 326 g/mol. The van der Waals surface area contributed by atoms with Crippen LogP contribution in [0.1, 0.15) is 28.9 Å². The summed E-state index contributed by atoms with van der Waals surface area (Å²) in [5.74, 6) is 0.695. The van der Waals surface area contributed by atoms with Gasteiger partial charge in [-0.3, -0.25) is 4.79 Å². The van der Waals surface area contributed by atoms with Gasteiger partial charge < -0.3 is 19.9 Å². The number of ether oxygens (including phenoxy) is 1. The number of likely N-dealkylation sites (N-methyl/N-ethyl adjacent to an activating group) is 1. The Labute approximate surface area is 156 Å². The summed E-state index contributed by atoms with van der Waals surface area (Å²) in [5, 5.41) is 3.04. The number of carbonyl (C=O) groups excluding carboxylic acids is 1. The maximum absolute atomic E-state index is 12.4. The van der Waals surface area contributed by atoms with Crippen LogP contribution in [0.4, 0.5) is 5.69 Å². The summed E-state index contributed by atoms with van der Waals surface area (Å²) in [7, 11) is 8.09. The van der Waals surface area contributed by atoms with E-state index in [0.717, 1.165) is 11.4 Å². The fraction of sp³-hybridized carbons (Fsp3) is 0.381. The molecule has 0 aliphatic carbocycles. The Bertz CT molecular complexity index is 694. The standard InChI is InChI=1S/C21H29N3O2/c1-6-26-19-13-9-17(10-14-19)21(25)22-15-20(24(4)5)16-7-11-18(12-8-16)23(2)3/h7-14,20H,6,15H2,1-5H3,(H,22,25). The highest BCUT2D eigenvalue weighted by atomic mass is 16.5. The summed E-state index contributed by atoms with van der Waals surface area (Å²) in [6.45, 7) is 3.09. The zero-order valence-electron chi connectivity index (χ0n) is 16.3. The molecule has 0 fully saturated rings. The van der Waals surface area contributed by atoms with Crippen molar-refractivity contribution in [3.63, 3.8) is 0 Å². The van der Waals surface area contributed by atoms with Crippen molar-refractivity contribution in [2.45, 2.75) is 13.0 Å². The maximum Gasteiger partial charge on any atom is 0.251 e. The Kier molecular flexibility index (Phi) is 7.04. The Morgan fingerprint density at radius 1 is 1.00 bits per heavy atom. The highest BCUT2D eigenvalue weighted by molar-refractivity contribution is 5.94. The molecule has 0 aromatic heterocycles. The molecule has 0 saturated heterocycles. The van der Waals surface area contributed by atoms with Crippen LogP contribution in [0.2, 0.25) is 0 Å². The molecule has 0 spiro atoms. The monoisotopic (exact) mass is 355 g/mol. The third-order valence-corrected chi connectivity index (χ3v) is 4.30. The molecule has 1 atom stereocenters. The highest BCUT2D eigenvalue weighted by Crippen LogP contribution is 2.21. The molecule has 0 aliphatic rings. The minimum Gasteiger partial charge on any atom is -0.494 e. The number of nitrogens with zero attached hydrogens (tertiary/aromatic N) is 2. The van der Waals surface area contributed by atoms with Crippen molar-refractivity contribution < 1.29 is 9.53 Å². The number of benzene rings is 2. The smallest absolute Gasteiger partial charge is 0.251 e. The van der Waals surface area contributed by atoms with E-state index >= 15 is 0 Å². The van der Waals surface area contributed by atoms with Crippen molar-refractivity contribution in [3.05, 3.63) is 59.7 Å². The second kappa shape index (κ2) is 9.25. The van der Waals surface area contributed by atoms with Gasteiger partial charge in [0.05, 0.1) is 12.6 Å². The molecule has 0 aliphatic heterocycles. The number of amides is 1. The summed E-state index contributed by atoms with van der Waals surface area (Å²) in [5.41, 5.74) is 2.96. The minimum atomic E-state index is -0.0789. The van der Waals surface area contributed by atoms with Gasteiger partial charge in [0.2, 0.25) is 0 Å². The van der Waals surface area contributed by atoms with Gasteiger partial charge >= 0.3 is 0 Å². The topological polar surface area (TPSA) is 44.8 Å². The molecule has 0 radical (unpaired) electrons. The molecule has 140 valence electrons. The van der Waals surface area contributed by atoms with Crippen LogP contribution >= 0.6 is 0 Å². The molecule has 1 unspecified atom stereocenters. The molecule has 5 nitrogen and oxygen atoms in total. The zero-order valence-corrected chi connectivity index (χ0v) is 16.3. The van der Waals surface area contributed by atoms with E-state index in [9.17, 15) is 4.79 Å². The molecule has 5 heteroatoms. The van der Waals surface area contributed by atoms with Gasteiger partial charge in [-0.25, -0.2) is 0 Å². The van der Waals surface area contributed by atoms with E-state index in [1.54, 1.807) is 12.1 Å². The van der Waals surface area contributed by atoms with Gasteiger partial charge in [0.25, 0.3) is 5.91 Å². The van der Waals surface area contributed by atoms with Gasteiger partial charge in [-0.1, -0.05) is 12.1 Å². The van der Waals surface area contributed by atoms with Crippen molar-refractivity contribution in [3.8, 4) is 5.75 Å². The third-order valence-electron chi connectivity index (χ3n) is 4.30. The van der Waals surface area contributed by atoms with Crippen LogP contribution in [0.25, 0.3) is 0 Å². The fourth-order valence-electron chi connectivity index (χ4n) is 2.75. The maximum atomic E-state index is 12.4. The Balaban J connectivity index is 2.02. The van der Waals surface area contributed by atoms with Crippen LogP contribution < -0.4 is 15.0 Å². The molecule has 0 heterocycles. The molecule has 2 aromatic carbocycles. The van der Waals surface area contributed by atoms with Crippen LogP contribution in [0.5, 0.6) is 5.75 Å². The number of rotatable bonds is 8. The number of nitrogens with one attached hydrogen (secondary N) is 1. The first-order valence-corrected chi connectivity index (χ1v) is 8.87. The summed E-state index contributed by atoms with van der Waals surface area (Å²) < 4.78 is 5.41. The van der Waals surface area contributed by atoms with Crippen molar-refractivity contribution >= 4 is 11.6 Å². The van der Waals surface area contributed by atoms with Gasteiger partial charge in [-0.2, -0.15) is 0 Å². The van der Waals surface area contributed by atoms with Crippen molar-refractivity contribution in [1.82, 2.24) is 10.2 Å². The number of carbonyl (C=O) groups is 1. The molecule has 1 N–H and O–H groups in total. The molecular formula is C21H29N3O2. The second-order valence-electron chi connectivity index (χ2n) is 6.63. The summed E-state index contributed by atoms with van der Waals surface area (Å²) in [6, 6.07) is 15.8. The van der Waals surface area contributed by atoms with Crippen LogP contribution in [0, 0.1) is 0 Å². The van der Waals surface area contributed by atoms with Gasteiger partial charge in [-0.05, 0) is 63.0 Å². The molecule has 0 bridgehead atoms. The van der Waals surface area contributed by atoms with E-state index in [1.165, 1.54) is 5.56 Å². The quantitative estimate of drug-likeness (QED) is 0.790. The van der Waals surface area contributed by atoms with E-state index in [0.29, 0.717) is 18.7 Å². The Morgan fingerprint density at radius 2 is 1.62 bits per heavy atom. The average molecular weight is 355 g/mol. The van der Waals surface area contributed by atoms with Crippen LogP contribution in [0.3, 0.4) is 0 Å². The van der Waals surface area contributed by atoms with Gasteiger partial charge in [0.15, 0.2) is 0 Å². The van der Waals surface area contributed by atoms with Gasteiger partial charge in [-0.15, -0.1) is 0 Å². The molecule has 2 aromatic rings. The first-order valence-electron chi connectivity index (χ1n) is 8.87. The third kappa shape index (κ3) is 5.23. The second-order valence-corrected chi connectivity index (χ2v) is 6.63. The zero-order chi connectivity index (χ0) is 19.1. The predicted molar refractivity (Wildman–Crippen MR) is 107 cm³/mol. The van der Waals surface area contributed by atoms with Crippen LogP contribution in [0.15, 0.2) is 48.5 Å². The van der Waals surface area contributed by atoms with E-state index in [1.807, 2.05) is 47.2 Å². The summed E-state index contributed by atoms with van der Waals surface area (Å²) in [4.78, 5) is 16.6. The van der Waals surface area contributed by atoms with Gasteiger partial charge in [0.1, 0.15) is 5.75 Å². The first-order chi connectivity index (χ1) is 12.4. The minimum absolute atomic E-state index is 0.0789. The molecule has 1 amide bonds. The molecule has 0 saturated carbocycles.